The second kappa shape index (κ2) is 44.7. The minimum absolute atomic E-state index is 0.00308. The van der Waals surface area contributed by atoms with Gasteiger partial charge in [0.25, 0.3) is 0 Å². The van der Waals surface area contributed by atoms with Gasteiger partial charge in [0, 0.05) is 13.0 Å². The zero-order chi connectivity index (χ0) is 49.6. The Morgan fingerprint density at radius 3 is 1.41 bits per heavy atom. The molecule has 1 aliphatic heterocycles. The monoisotopic (exact) mass is 973 g/mol. The first kappa shape index (κ1) is 62.5. The molecule has 0 aromatic carbocycles. The molecule has 1 saturated heterocycles. The predicted octanol–water partition coefficient (Wildman–Crippen LogP) is 11.7. The molecule has 13 heteroatoms. The molecule has 1 aliphatic rings. The minimum Gasteiger partial charge on any atom is -0.457 e. The van der Waals surface area contributed by atoms with Crippen LogP contribution in [0.2, 0.25) is 0 Å². The molecule has 0 amide bonds. The number of hydrogen-bond donors (Lipinski definition) is 4. The largest absolute Gasteiger partial charge is 0.457 e. The van der Waals surface area contributed by atoms with E-state index < -0.39 is 59.8 Å². The smallest absolute Gasteiger partial charge is 0.397 e. The number of carbonyl (C=O) groups is 1. The first-order valence-electron chi connectivity index (χ1n) is 25.3. The van der Waals surface area contributed by atoms with E-state index >= 15 is 0 Å². The lowest BCUT2D eigenvalue weighted by Crippen LogP contribution is -2.60. The molecule has 6 atom stereocenters. The van der Waals surface area contributed by atoms with Gasteiger partial charge in [0.2, 0.25) is 0 Å². The Morgan fingerprint density at radius 2 is 0.971 bits per heavy atom. The van der Waals surface area contributed by atoms with Crippen LogP contribution in [0.4, 0.5) is 0 Å². The molecule has 1 fully saturated rings. The van der Waals surface area contributed by atoms with Crippen molar-refractivity contribution in [2.24, 2.45) is 0 Å². The number of carbonyl (C=O) groups excluding carboxylic acids is 1. The summed E-state index contributed by atoms with van der Waals surface area (Å²) in [6.45, 7) is 3.66. The molecule has 1 rings (SSSR count). The molecule has 0 aromatic rings. The molecule has 68 heavy (non-hydrogen) atoms. The van der Waals surface area contributed by atoms with Crippen molar-refractivity contribution in [3.63, 3.8) is 0 Å². The van der Waals surface area contributed by atoms with Crippen molar-refractivity contribution in [2.75, 3.05) is 26.4 Å². The molecule has 0 saturated carbocycles. The maximum Gasteiger partial charge on any atom is 0.397 e. The van der Waals surface area contributed by atoms with Crippen LogP contribution in [0, 0.1) is 0 Å². The molecule has 12 nitrogen and oxygen atoms in total. The summed E-state index contributed by atoms with van der Waals surface area (Å²) in [4.78, 5) is 12.9. The summed E-state index contributed by atoms with van der Waals surface area (Å²) in [6.07, 6.45) is 55.1. The molecule has 0 spiro atoms. The maximum atomic E-state index is 12.9. The van der Waals surface area contributed by atoms with Crippen molar-refractivity contribution in [1.82, 2.24) is 0 Å². The second-order valence-electron chi connectivity index (χ2n) is 16.6. The van der Waals surface area contributed by atoms with Crippen molar-refractivity contribution in [3.05, 3.63) is 122 Å². The van der Waals surface area contributed by atoms with Gasteiger partial charge < -0.3 is 34.3 Å². The van der Waals surface area contributed by atoms with Crippen molar-refractivity contribution >= 4 is 16.4 Å². The molecular formula is C55H88O12S. The highest BCUT2D eigenvalue weighted by atomic mass is 32.3. The zero-order valence-corrected chi connectivity index (χ0v) is 42.2. The number of aliphatic hydroxyl groups excluding tert-OH is 3. The Labute approximate surface area is 410 Å². The molecule has 1 heterocycles. The Hall–Kier alpha value is -3.50. The van der Waals surface area contributed by atoms with E-state index in [0.29, 0.717) is 13.0 Å². The standard InChI is InChI=1S/C55H88O12S/c1-3-5-7-9-11-13-15-17-19-21-22-23-24-25-26-27-29-31-33-35-37-39-41-43-45-63-47-49(48-64-55-53(59)54(67-68(60,61)62)52(58)50(46-56)66-55)65-51(57)44-42-40-38-36-34-32-30-28-20-18-16-14-12-10-8-6-4-2/h5-8,11-14,17-20,22-23,25-26,29-32,49-50,52-56,58-59H,3-4,9-10,15-16,21,24,27-28,33-48H2,1-2H3,(H,60,61,62)/b7-5-,8-6-,13-11-,14-12-,19-17-,20-18-,23-22-,26-25-,31-29-,32-30-. The third kappa shape index (κ3) is 37.4. The average molecular weight is 973 g/mol. The molecule has 386 valence electrons. The van der Waals surface area contributed by atoms with Gasteiger partial charge in [0.15, 0.2) is 6.29 Å². The van der Waals surface area contributed by atoms with Crippen LogP contribution in [-0.4, -0.2) is 97.5 Å². The van der Waals surface area contributed by atoms with E-state index in [2.05, 4.69) is 140 Å². The first-order chi connectivity index (χ1) is 33.1. The van der Waals surface area contributed by atoms with Gasteiger partial charge in [0.05, 0.1) is 19.8 Å². The fourth-order valence-corrected chi connectivity index (χ4v) is 7.35. The number of hydrogen-bond acceptors (Lipinski definition) is 11. The van der Waals surface area contributed by atoms with Crippen molar-refractivity contribution in [1.29, 1.82) is 0 Å². The van der Waals surface area contributed by atoms with E-state index in [1.807, 2.05) is 0 Å². The maximum absolute atomic E-state index is 12.9. The Bertz CT molecular complexity index is 1640. The van der Waals surface area contributed by atoms with Crippen LogP contribution >= 0.6 is 0 Å². The van der Waals surface area contributed by atoms with E-state index in [1.54, 1.807) is 0 Å². The second-order valence-corrected chi connectivity index (χ2v) is 17.7. The minimum atomic E-state index is -5.08. The summed E-state index contributed by atoms with van der Waals surface area (Å²) in [7, 11) is -5.08. The molecule has 0 radical (unpaired) electrons. The van der Waals surface area contributed by atoms with Crippen LogP contribution in [0.5, 0.6) is 0 Å². The summed E-state index contributed by atoms with van der Waals surface area (Å²) in [5.74, 6) is -0.436. The normalized spacial score (nSPS) is 20.4. The third-order valence-electron chi connectivity index (χ3n) is 10.6. The number of allylic oxidation sites excluding steroid dienone is 20. The highest BCUT2D eigenvalue weighted by Gasteiger charge is 2.48. The van der Waals surface area contributed by atoms with Crippen LogP contribution in [0.15, 0.2) is 122 Å². The lowest BCUT2D eigenvalue weighted by molar-refractivity contribution is -0.301. The van der Waals surface area contributed by atoms with Gasteiger partial charge in [-0.3, -0.25) is 9.35 Å². The summed E-state index contributed by atoms with van der Waals surface area (Å²) < 4.78 is 59.2. The van der Waals surface area contributed by atoms with E-state index in [1.165, 1.54) is 0 Å². The van der Waals surface area contributed by atoms with E-state index in [9.17, 15) is 33.1 Å². The highest BCUT2D eigenvalue weighted by Crippen LogP contribution is 2.26. The van der Waals surface area contributed by atoms with Gasteiger partial charge in [-0.05, 0) is 103 Å². The van der Waals surface area contributed by atoms with Gasteiger partial charge in [-0.15, -0.1) is 0 Å². The SMILES string of the molecule is CC/C=C\C/C=C\C/C=C\C/C=C\C/C=C\C/C=C\CCCCCCCOCC(COC1OC(CO)C(O)C(OS(=O)(=O)O)C1O)OC(=O)CCCCCC/C=C\C/C=C\C/C=C\C/C=C\CC. The molecule has 0 aliphatic carbocycles. The fraction of sp³-hybridized carbons (Fsp3) is 0.618. The average Bonchev–Trinajstić information content (AvgIpc) is 3.31. The lowest BCUT2D eigenvalue weighted by atomic mass is 9.99. The summed E-state index contributed by atoms with van der Waals surface area (Å²) >= 11 is 0. The van der Waals surface area contributed by atoms with Crippen LogP contribution in [0.3, 0.4) is 0 Å². The number of esters is 1. The predicted molar refractivity (Wildman–Crippen MR) is 275 cm³/mol. The third-order valence-corrected chi connectivity index (χ3v) is 11.0. The summed E-state index contributed by atoms with van der Waals surface area (Å²) in [5, 5.41) is 30.8. The quantitative estimate of drug-likeness (QED) is 0.0197. The zero-order valence-electron chi connectivity index (χ0n) is 41.4. The molecule has 0 bridgehead atoms. The van der Waals surface area contributed by atoms with Gasteiger partial charge in [-0.1, -0.05) is 167 Å². The summed E-state index contributed by atoms with van der Waals surface area (Å²) in [6, 6.07) is 0. The van der Waals surface area contributed by atoms with Crippen molar-refractivity contribution in [2.45, 2.75) is 192 Å². The Morgan fingerprint density at radius 1 is 0.559 bits per heavy atom. The Balaban J connectivity index is 2.41. The van der Waals surface area contributed by atoms with Crippen molar-refractivity contribution < 1.29 is 56.2 Å². The molecule has 0 aromatic heterocycles. The van der Waals surface area contributed by atoms with Crippen LogP contribution in [-0.2, 0) is 38.3 Å². The van der Waals surface area contributed by atoms with Gasteiger partial charge in [-0.2, -0.15) is 8.42 Å². The van der Waals surface area contributed by atoms with Gasteiger partial charge >= 0.3 is 16.4 Å². The molecular weight excluding hydrogens is 885 g/mol. The number of aliphatic hydroxyl groups is 3. The van der Waals surface area contributed by atoms with Crippen molar-refractivity contribution in [3.8, 4) is 0 Å². The number of rotatable bonds is 42. The van der Waals surface area contributed by atoms with Gasteiger partial charge in [0.1, 0.15) is 30.5 Å². The van der Waals surface area contributed by atoms with Crippen LogP contribution in [0.1, 0.15) is 155 Å². The van der Waals surface area contributed by atoms with E-state index in [4.69, 9.17) is 18.9 Å². The van der Waals surface area contributed by atoms with Crippen LogP contribution < -0.4 is 0 Å². The number of unbranched alkanes of at least 4 members (excludes halogenated alkanes) is 9. The highest BCUT2D eigenvalue weighted by molar-refractivity contribution is 7.80. The van der Waals surface area contributed by atoms with E-state index in [-0.39, 0.29) is 19.6 Å². The molecule has 6 unspecified atom stereocenters. The van der Waals surface area contributed by atoms with Gasteiger partial charge in [-0.25, -0.2) is 4.18 Å². The first-order valence-corrected chi connectivity index (χ1v) is 26.7. The Kier molecular flexibility index (Phi) is 41.1. The molecule has 4 N–H and O–H groups in total. The van der Waals surface area contributed by atoms with Crippen LogP contribution in [0.25, 0.3) is 0 Å². The fourth-order valence-electron chi connectivity index (χ4n) is 6.84. The lowest BCUT2D eigenvalue weighted by Gasteiger charge is -2.41. The number of ether oxygens (including phenoxy) is 4. The summed E-state index contributed by atoms with van der Waals surface area (Å²) in [5.41, 5.74) is 0. The topological polar surface area (TPSA) is 178 Å². The van der Waals surface area contributed by atoms with E-state index in [0.717, 1.165) is 128 Å².